The molecule has 0 unspecified atom stereocenters. The Bertz CT molecular complexity index is 1180. The molecule has 3 aromatic rings. The van der Waals surface area contributed by atoms with E-state index < -0.39 is 0 Å². The zero-order chi connectivity index (χ0) is 20.3. The van der Waals surface area contributed by atoms with Crippen LogP contribution in [0.1, 0.15) is 12.8 Å². The van der Waals surface area contributed by atoms with Crippen molar-refractivity contribution in [2.75, 3.05) is 13.1 Å². The number of para-hydroxylation sites is 2. The zero-order valence-electron chi connectivity index (χ0n) is 17.0. The smallest absolute Gasteiger partial charge is 0.0642 e. The number of nitrogens with two attached hydrogens (primary N) is 1. The lowest BCUT2D eigenvalue weighted by atomic mass is 10.0. The van der Waals surface area contributed by atoms with Crippen molar-refractivity contribution in [1.82, 2.24) is 9.47 Å². The van der Waals surface area contributed by atoms with Gasteiger partial charge in [0, 0.05) is 53.9 Å². The monoisotopic (exact) mass is 394 g/mol. The maximum absolute atomic E-state index is 6.55. The first-order valence-electron chi connectivity index (χ1n) is 10.6. The molecule has 1 aromatic heterocycles. The summed E-state index contributed by atoms with van der Waals surface area (Å²) >= 11 is 0. The summed E-state index contributed by atoms with van der Waals surface area (Å²) in [5.41, 5.74) is 12.3. The highest BCUT2D eigenvalue weighted by Crippen LogP contribution is 2.29. The van der Waals surface area contributed by atoms with Crippen LogP contribution in [-0.2, 0) is 6.54 Å². The molecule has 30 heavy (non-hydrogen) atoms. The number of benzene rings is 2. The van der Waals surface area contributed by atoms with E-state index in [0.717, 1.165) is 43.9 Å². The summed E-state index contributed by atoms with van der Waals surface area (Å²) in [4.78, 5) is 6.55. The van der Waals surface area contributed by atoms with Crippen molar-refractivity contribution in [3.05, 3.63) is 96.0 Å². The van der Waals surface area contributed by atoms with Crippen LogP contribution in [0.5, 0.6) is 0 Å². The van der Waals surface area contributed by atoms with E-state index in [1.807, 2.05) is 12.3 Å². The van der Waals surface area contributed by atoms with Gasteiger partial charge in [-0.2, -0.15) is 0 Å². The van der Waals surface area contributed by atoms with Gasteiger partial charge in [-0.25, -0.2) is 0 Å². The molecule has 2 aromatic carbocycles. The van der Waals surface area contributed by atoms with Gasteiger partial charge in [-0.3, -0.25) is 4.99 Å². The summed E-state index contributed by atoms with van der Waals surface area (Å²) in [6.45, 7) is 2.69. The highest BCUT2D eigenvalue weighted by molar-refractivity contribution is 6.07. The predicted octanol–water partition coefficient (Wildman–Crippen LogP) is 5.14. The molecule has 150 valence electrons. The van der Waals surface area contributed by atoms with Gasteiger partial charge in [0.25, 0.3) is 0 Å². The third kappa shape index (κ3) is 3.35. The van der Waals surface area contributed by atoms with Crippen molar-refractivity contribution in [1.29, 1.82) is 0 Å². The maximum atomic E-state index is 6.55. The molecule has 2 N–H and O–H groups in total. The number of hydrogen-bond donors (Lipinski definition) is 1. The Morgan fingerprint density at radius 3 is 2.37 bits per heavy atom. The Morgan fingerprint density at radius 1 is 0.933 bits per heavy atom. The molecule has 0 aliphatic carbocycles. The van der Waals surface area contributed by atoms with E-state index in [9.17, 15) is 0 Å². The van der Waals surface area contributed by atoms with E-state index in [1.54, 1.807) is 0 Å². The lowest BCUT2D eigenvalue weighted by molar-refractivity contribution is 0.441. The third-order valence-corrected chi connectivity index (χ3v) is 5.91. The van der Waals surface area contributed by atoms with Crippen molar-refractivity contribution in [2.45, 2.75) is 19.4 Å². The van der Waals surface area contributed by atoms with E-state index in [1.165, 1.54) is 27.4 Å². The number of allylic oxidation sites excluding steroid dienone is 5. The van der Waals surface area contributed by atoms with Gasteiger partial charge >= 0.3 is 0 Å². The minimum atomic E-state index is 0.813. The van der Waals surface area contributed by atoms with E-state index in [2.05, 4.69) is 87.4 Å². The number of rotatable bonds is 5. The summed E-state index contributed by atoms with van der Waals surface area (Å²) < 4.78 is 2.45. The minimum absolute atomic E-state index is 0.813. The Morgan fingerprint density at radius 2 is 1.67 bits per heavy atom. The fraction of sp³-hybridized carbons (Fsp3) is 0.192. The molecule has 0 radical (unpaired) electrons. The molecule has 0 saturated heterocycles. The van der Waals surface area contributed by atoms with Gasteiger partial charge in [0.2, 0.25) is 0 Å². The molecule has 0 saturated carbocycles. The van der Waals surface area contributed by atoms with Gasteiger partial charge < -0.3 is 15.2 Å². The van der Waals surface area contributed by atoms with Crippen molar-refractivity contribution in [3.8, 4) is 0 Å². The molecule has 4 heteroatoms. The third-order valence-electron chi connectivity index (χ3n) is 5.91. The SMILES string of the molecule is N/C(C1=CC=NCC1)=C1/C=CC=CN1CCCn1c2ccccc2c2ccccc21. The molecule has 2 aliphatic heterocycles. The van der Waals surface area contributed by atoms with Crippen LogP contribution in [-0.4, -0.2) is 28.8 Å². The van der Waals surface area contributed by atoms with Crippen molar-refractivity contribution in [2.24, 2.45) is 10.7 Å². The quantitative estimate of drug-likeness (QED) is 0.651. The van der Waals surface area contributed by atoms with Crippen molar-refractivity contribution in [3.63, 3.8) is 0 Å². The largest absolute Gasteiger partial charge is 0.397 e. The topological polar surface area (TPSA) is 46.5 Å². The second-order valence-electron chi connectivity index (χ2n) is 7.73. The van der Waals surface area contributed by atoms with Crippen LogP contribution in [0.3, 0.4) is 0 Å². The second-order valence-corrected chi connectivity index (χ2v) is 7.73. The molecule has 3 heterocycles. The Balaban J connectivity index is 1.39. The summed E-state index contributed by atoms with van der Waals surface area (Å²) in [6.07, 6.45) is 14.2. The molecule has 4 nitrogen and oxygen atoms in total. The molecule has 0 fully saturated rings. The van der Waals surface area contributed by atoms with Crippen LogP contribution >= 0.6 is 0 Å². The average molecular weight is 395 g/mol. The standard InChI is InChI=1S/C26H26N4/c27-26(20-13-15-28-16-14-20)25-12-5-6-17-29(25)18-7-19-30-23-10-3-1-8-21(23)22-9-2-4-11-24(22)30/h1-6,8-13,15,17H,7,14,16,18-19,27H2/b26-25-. The average Bonchev–Trinajstić information content (AvgIpc) is 3.13. The summed E-state index contributed by atoms with van der Waals surface area (Å²) in [5, 5.41) is 2.65. The van der Waals surface area contributed by atoms with Crippen LogP contribution in [0.2, 0.25) is 0 Å². The van der Waals surface area contributed by atoms with Crippen LogP contribution < -0.4 is 5.73 Å². The van der Waals surface area contributed by atoms with Gasteiger partial charge in [0.15, 0.2) is 0 Å². The normalized spacial score (nSPS) is 17.7. The first-order chi connectivity index (χ1) is 14.8. The molecular formula is C26H26N4. The number of fused-ring (bicyclic) bond motifs is 3. The van der Waals surface area contributed by atoms with Crippen molar-refractivity contribution >= 4 is 28.0 Å². The first-order valence-corrected chi connectivity index (χ1v) is 10.6. The number of dihydropyridines is 1. The highest BCUT2D eigenvalue weighted by Gasteiger charge is 2.15. The van der Waals surface area contributed by atoms with Crippen LogP contribution in [0.15, 0.2) is 101 Å². The number of aromatic nitrogens is 1. The van der Waals surface area contributed by atoms with Crippen LogP contribution in [0, 0.1) is 0 Å². The first kappa shape index (κ1) is 18.5. The Kier molecular flexibility index (Phi) is 4.98. The van der Waals surface area contributed by atoms with Gasteiger partial charge in [-0.1, -0.05) is 42.5 Å². The summed E-state index contributed by atoms with van der Waals surface area (Å²) in [7, 11) is 0. The predicted molar refractivity (Wildman–Crippen MR) is 126 cm³/mol. The molecule has 2 aliphatic rings. The van der Waals surface area contributed by atoms with E-state index in [-0.39, 0.29) is 0 Å². The fourth-order valence-electron chi connectivity index (χ4n) is 4.43. The number of nitrogens with zero attached hydrogens (tertiary/aromatic N) is 3. The summed E-state index contributed by atoms with van der Waals surface area (Å²) in [6, 6.07) is 17.4. The maximum Gasteiger partial charge on any atom is 0.0642 e. The Hall–Kier alpha value is -3.53. The molecule has 0 bridgehead atoms. The zero-order valence-corrected chi connectivity index (χ0v) is 17.0. The Labute approximate surface area is 177 Å². The number of aryl methyl sites for hydroxylation is 1. The number of aliphatic imine (C=N–C) groups is 1. The highest BCUT2D eigenvalue weighted by atomic mass is 15.1. The van der Waals surface area contributed by atoms with Crippen LogP contribution in [0.25, 0.3) is 21.8 Å². The number of hydrogen-bond acceptors (Lipinski definition) is 3. The summed E-state index contributed by atoms with van der Waals surface area (Å²) in [5.74, 6) is 0. The second kappa shape index (κ2) is 8.07. The molecule has 0 atom stereocenters. The molecule has 0 spiro atoms. The molecule has 0 amide bonds. The van der Waals surface area contributed by atoms with Gasteiger partial charge in [0.1, 0.15) is 0 Å². The van der Waals surface area contributed by atoms with Gasteiger partial charge in [-0.05, 0) is 48.8 Å². The van der Waals surface area contributed by atoms with E-state index in [0.29, 0.717) is 0 Å². The van der Waals surface area contributed by atoms with Gasteiger partial charge in [0.05, 0.1) is 11.4 Å². The molecule has 5 rings (SSSR count). The van der Waals surface area contributed by atoms with E-state index >= 15 is 0 Å². The fourth-order valence-corrected chi connectivity index (χ4v) is 4.43. The lowest BCUT2D eigenvalue weighted by Crippen LogP contribution is -2.24. The van der Waals surface area contributed by atoms with Gasteiger partial charge in [-0.15, -0.1) is 0 Å². The van der Waals surface area contributed by atoms with E-state index in [4.69, 9.17) is 5.73 Å². The molecular weight excluding hydrogens is 368 g/mol. The lowest BCUT2D eigenvalue weighted by Gasteiger charge is -2.26. The van der Waals surface area contributed by atoms with Crippen molar-refractivity contribution < 1.29 is 0 Å². The minimum Gasteiger partial charge on any atom is -0.397 e. The van der Waals surface area contributed by atoms with Crippen LogP contribution in [0.4, 0.5) is 0 Å².